The number of hydrogen-bond acceptors (Lipinski definition) is 4. The van der Waals surface area contributed by atoms with Crippen LogP contribution in [-0.2, 0) is 0 Å². The summed E-state index contributed by atoms with van der Waals surface area (Å²) in [4.78, 5) is 11.1. The SMILES string of the molecule is Clc1ncn(-c2csc(N3CCCCC3)n2)c1Br. The van der Waals surface area contributed by atoms with Crippen LogP contribution in [0.1, 0.15) is 19.3 Å². The van der Waals surface area contributed by atoms with Crippen LogP contribution < -0.4 is 4.90 Å². The van der Waals surface area contributed by atoms with Crippen molar-refractivity contribution in [2.45, 2.75) is 19.3 Å². The third-order valence-corrected chi connectivity index (χ3v) is 5.17. The predicted octanol–water partition coefficient (Wildman–Crippen LogP) is 3.74. The normalized spacial score (nSPS) is 16.2. The van der Waals surface area contributed by atoms with E-state index < -0.39 is 0 Å². The number of anilines is 1. The molecule has 2 aromatic rings. The molecule has 0 amide bonds. The van der Waals surface area contributed by atoms with E-state index in [9.17, 15) is 0 Å². The first-order valence-corrected chi connectivity index (χ1v) is 7.90. The quantitative estimate of drug-likeness (QED) is 0.830. The molecule has 0 unspecified atom stereocenters. The zero-order valence-corrected chi connectivity index (χ0v) is 12.8. The summed E-state index contributed by atoms with van der Waals surface area (Å²) < 4.78 is 2.60. The van der Waals surface area contributed by atoms with Crippen molar-refractivity contribution in [1.29, 1.82) is 0 Å². The third kappa shape index (κ3) is 2.29. The molecule has 0 radical (unpaired) electrons. The topological polar surface area (TPSA) is 34.0 Å². The van der Waals surface area contributed by atoms with E-state index in [0.717, 1.165) is 28.6 Å². The fourth-order valence-electron chi connectivity index (χ4n) is 2.07. The fourth-order valence-corrected chi connectivity index (χ4v) is 3.43. The maximum atomic E-state index is 5.92. The Labute approximate surface area is 123 Å². The second kappa shape index (κ2) is 5.19. The van der Waals surface area contributed by atoms with Gasteiger partial charge < -0.3 is 4.90 Å². The van der Waals surface area contributed by atoms with Crippen LogP contribution in [0.15, 0.2) is 16.3 Å². The minimum Gasteiger partial charge on any atom is -0.348 e. The first-order chi connectivity index (χ1) is 8.75. The largest absolute Gasteiger partial charge is 0.348 e. The molecule has 0 spiro atoms. The van der Waals surface area contributed by atoms with E-state index in [-0.39, 0.29) is 0 Å². The summed E-state index contributed by atoms with van der Waals surface area (Å²) in [6.45, 7) is 2.22. The molecule has 0 aliphatic carbocycles. The summed E-state index contributed by atoms with van der Waals surface area (Å²) in [5.74, 6) is 0.867. The molecular formula is C11H12BrClN4S. The molecule has 96 valence electrons. The Morgan fingerprint density at radius 1 is 1.28 bits per heavy atom. The summed E-state index contributed by atoms with van der Waals surface area (Å²) in [6, 6.07) is 0. The standard InChI is InChI=1S/C11H12BrClN4S/c12-9-10(13)14-7-17(9)8-6-18-11(15-8)16-4-2-1-3-5-16/h6-7H,1-5H2. The van der Waals surface area contributed by atoms with E-state index in [4.69, 9.17) is 11.6 Å². The van der Waals surface area contributed by atoms with E-state index >= 15 is 0 Å². The van der Waals surface area contributed by atoms with Crippen LogP contribution in [0.25, 0.3) is 5.82 Å². The molecule has 1 fully saturated rings. The molecule has 0 saturated carbocycles. The first-order valence-electron chi connectivity index (χ1n) is 5.85. The molecule has 0 atom stereocenters. The van der Waals surface area contributed by atoms with Gasteiger partial charge in [-0.3, -0.25) is 4.57 Å². The third-order valence-electron chi connectivity index (χ3n) is 3.02. The van der Waals surface area contributed by atoms with Crippen molar-refractivity contribution in [2.75, 3.05) is 18.0 Å². The summed E-state index contributed by atoms with van der Waals surface area (Å²) in [5.41, 5.74) is 0. The number of nitrogens with zero attached hydrogens (tertiary/aromatic N) is 4. The Kier molecular flexibility index (Phi) is 3.59. The van der Waals surface area contributed by atoms with Gasteiger partial charge in [0.2, 0.25) is 0 Å². The minimum atomic E-state index is 0.461. The summed E-state index contributed by atoms with van der Waals surface area (Å²) >= 11 is 11.0. The molecule has 4 nitrogen and oxygen atoms in total. The second-order valence-corrected chi connectivity index (χ2v) is 6.18. The van der Waals surface area contributed by atoms with Gasteiger partial charge in [-0.05, 0) is 35.2 Å². The Hall–Kier alpha value is -0.590. The van der Waals surface area contributed by atoms with Crippen LogP contribution in [0, 0.1) is 0 Å². The number of thiazole rings is 1. The lowest BCUT2D eigenvalue weighted by atomic mass is 10.1. The molecule has 2 aromatic heterocycles. The lowest BCUT2D eigenvalue weighted by Crippen LogP contribution is -2.29. The zero-order chi connectivity index (χ0) is 12.5. The van der Waals surface area contributed by atoms with Crippen molar-refractivity contribution < 1.29 is 0 Å². The highest BCUT2D eigenvalue weighted by molar-refractivity contribution is 9.10. The maximum absolute atomic E-state index is 5.92. The van der Waals surface area contributed by atoms with Crippen molar-refractivity contribution in [3.63, 3.8) is 0 Å². The van der Waals surface area contributed by atoms with Gasteiger partial charge in [-0.1, -0.05) is 11.6 Å². The molecule has 18 heavy (non-hydrogen) atoms. The maximum Gasteiger partial charge on any atom is 0.187 e. The molecular weight excluding hydrogens is 336 g/mol. The molecule has 0 N–H and O–H groups in total. The number of halogens is 2. The molecule has 0 aromatic carbocycles. The van der Waals surface area contributed by atoms with Gasteiger partial charge in [0.15, 0.2) is 16.1 Å². The number of piperidine rings is 1. The Morgan fingerprint density at radius 3 is 2.72 bits per heavy atom. The average molecular weight is 348 g/mol. The average Bonchev–Trinajstić information content (AvgIpc) is 3.00. The van der Waals surface area contributed by atoms with Crippen molar-refractivity contribution in [3.8, 4) is 5.82 Å². The Morgan fingerprint density at radius 2 is 2.06 bits per heavy atom. The number of rotatable bonds is 2. The highest BCUT2D eigenvalue weighted by atomic mass is 79.9. The minimum absolute atomic E-state index is 0.461. The van der Waals surface area contributed by atoms with E-state index in [1.165, 1.54) is 19.3 Å². The summed E-state index contributed by atoms with van der Waals surface area (Å²) in [6.07, 6.45) is 5.53. The van der Waals surface area contributed by atoms with Gasteiger partial charge in [0.05, 0.1) is 0 Å². The van der Waals surface area contributed by atoms with Crippen LogP contribution >= 0.6 is 38.9 Å². The van der Waals surface area contributed by atoms with E-state index in [1.54, 1.807) is 17.7 Å². The van der Waals surface area contributed by atoms with Gasteiger partial charge in [0, 0.05) is 18.5 Å². The monoisotopic (exact) mass is 346 g/mol. The van der Waals surface area contributed by atoms with E-state index in [0.29, 0.717) is 5.15 Å². The first kappa shape index (κ1) is 12.4. The number of aromatic nitrogens is 3. The van der Waals surface area contributed by atoms with Crippen molar-refractivity contribution in [3.05, 3.63) is 21.5 Å². The highest BCUT2D eigenvalue weighted by Crippen LogP contribution is 2.29. The van der Waals surface area contributed by atoms with Crippen molar-refractivity contribution in [1.82, 2.24) is 14.5 Å². The Balaban J connectivity index is 1.87. The zero-order valence-electron chi connectivity index (χ0n) is 9.64. The molecule has 0 bridgehead atoms. The smallest absolute Gasteiger partial charge is 0.187 e. The van der Waals surface area contributed by atoms with Crippen LogP contribution in [0.2, 0.25) is 5.15 Å². The van der Waals surface area contributed by atoms with Crippen LogP contribution in [0.3, 0.4) is 0 Å². The van der Waals surface area contributed by atoms with Crippen LogP contribution in [0.4, 0.5) is 5.13 Å². The number of hydrogen-bond donors (Lipinski definition) is 0. The van der Waals surface area contributed by atoms with Crippen LogP contribution in [-0.4, -0.2) is 27.6 Å². The van der Waals surface area contributed by atoms with E-state index in [1.807, 2.05) is 9.95 Å². The molecule has 1 aliphatic rings. The second-order valence-electron chi connectivity index (χ2n) is 4.23. The van der Waals surface area contributed by atoms with Gasteiger partial charge >= 0.3 is 0 Å². The van der Waals surface area contributed by atoms with Gasteiger partial charge in [0.1, 0.15) is 10.9 Å². The molecule has 7 heteroatoms. The lowest BCUT2D eigenvalue weighted by molar-refractivity contribution is 0.576. The molecule has 3 heterocycles. The predicted molar refractivity (Wildman–Crippen MR) is 78.0 cm³/mol. The Bertz CT molecular complexity index is 547. The fraction of sp³-hybridized carbons (Fsp3) is 0.455. The van der Waals surface area contributed by atoms with Crippen molar-refractivity contribution in [2.24, 2.45) is 0 Å². The molecule has 1 saturated heterocycles. The van der Waals surface area contributed by atoms with Crippen LogP contribution in [0.5, 0.6) is 0 Å². The summed E-state index contributed by atoms with van der Waals surface area (Å²) in [5, 5.41) is 3.58. The number of imidazole rings is 1. The lowest BCUT2D eigenvalue weighted by Gasteiger charge is -2.25. The van der Waals surface area contributed by atoms with Gasteiger partial charge in [0.25, 0.3) is 0 Å². The van der Waals surface area contributed by atoms with Gasteiger partial charge in [-0.15, -0.1) is 11.3 Å². The van der Waals surface area contributed by atoms with E-state index in [2.05, 4.69) is 30.8 Å². The van der Waals surface area contributed by atoms with Gasteiger partial charge in [-0.2, -0.15) is 0 Å². The van der Waals surface area contributed by atoms with Crippen molar-refractivity contribution >= 4 is 44.0 Å². The highest BCUT2D eigenvalue weighted by Gasteiger charge is 2.16. The van der Waals surface area contributed by atoms with Gasteiger partial charge in [-0.25, -0.2) is 9.97 Å². The summed E-state index contributed by atoms with van der Waals surface area (Å²) in [7, 11) is 0. The molecule has 3 rings (SSSR count). The molecule has 1 aliphatic heterocycles.